The molecular formula is C14H17N3O2. The van der Waals surface area contributed by atoms with E-state index in [9.17, 15) is 0 Å². The molecule has 0 spiro atoms. The fraction of sp³-hybridized carbons (Fsp3) is 0.286. The van der Waals surface area contributed by atoms with Gasteiger partial charge in [-0.1, -0.05) is 12.1 Å². The lowest BCUT2D eigenvalue weighted by molar-refractivity contribution is 0.291. The van der Waals surface area contributed by atoms with Crippen molar-refractivity contribution in [3.63, 3.8) is 0 Å². The number of hydrogen-bond donors (Lipinski definition) is 1. The Balaban J connectivity index is 1.94. The monoisotopic (exact) mass is 259 g/mol. The number of hydrogen-bond acceptors (Lipinski definition) is 5. The predicted molar refractivity (Wildman–Crippen MR) is 72.1 cm³/mol. The smallest absolute Gasteiger partial charge is 0.232 e. The van der Waals surface area contributed by atoms with E-state index in [-0.39, 0.29) is 0 Å². The molecule has 2 rings (SSSR count). The van der Waals surface area contributed by atoms with Crippen LogP contribution in [0, 0.1) is 0 Å². The van der Waals surface area contributed by atoms with Gasteiger partial charge in [0.25, 0.3) is 0 Å². The van der Waals surface area contributed by atoms with Gasteiger partial charge in [-0.2, -0.15) is 0 Å². The minimum absolute atomic E-state index is 0.442. The second kappa shape index (κ2) is 6.70. The maximum absolute atomic E-state index is 5.58. The summed E-state index contributed by atoms with van der Waals surface area (Å²) in [6.45, 7) is 1.14. The van der Waals surface area contributed by atoms with E-state index >= 15 is 0 Å². The molecule has 0 fully saturated rings. The lowest BCUT2D eigenvalue weighted by atomic mass is 10.2. The molecule has 1 heterocycles. The van der Waals surface area contributed by atoms with Gasteiger partial charge in [0.15, 0.2) is 0 Å². The van der Waals surface area contributed by atoms with Gasteiger partial charge >= 0.3 is 0 Å². The number of nitrogens with zero attached hydrogens (tertiary/aromatic N) is 2. The van der Waals surface area contributed by atoms with E-state index in [1.807, 2.05) is 31.3 Å². The number of ether oxygens (including phenoxy) is 2. The minimum Gasteiger partial charge on any atom is -0.497 e. The van der Waals surface area contributed by atoms with E-state index in [4.69, 9.17) is 9.47 Å². The van der Waals surface area contributed by atoms with Gasteiger partial charge in [-0.05, 0) is 24.7 Å². The topological polar surface area (TPSA) is 56.3 Å². The Morgan fingerprint density at radius 2 is 2.11 bits per heavy atom. The van der Waals surface area contributed by atoms with Crippen LogP contribution in [0.1, 0.15) is 11.3 Å². The molecule has 0 radical (unpaired) electrons. The quantitative estimate of drug-likeness (QED) is 0.857. The third-order valence-electron chi connectivity index (χ3n) is 2.56. The van der Waals surface area contributed by atoms with E-state index in [2.05, 4.69) is 15.3 Å². The molecule has 0 saturated heterocycles. The number of nitrogens with one attached hydrogen (secondary N) is 1. The molecule has 0 unspecified atom stereocenters. The largest absolute Gasteiger partial charge is 0.497 e. The van der Waals surface area contributed by atoms with Crippen molar-refractivity contribution >= 4 is 0 Å². The van der Waals surface area contributed by atoms with Crippen molar-refractivity contribution < 1.29 is 9.47 Å². The Hall–Kier alpha value is -2.14. The Kier molecular flexibility index (Phi) is 4.69. The molecule has 0 bridgehead atoms. The summed E-state index contributed by atoms with van der Waals surface area (Å²) in [6.07, 6.45) is 3.34. The van der Waals surface area contributed by atoms with Gasteiger partial charge in [0.1, 0.15) is 12.4 Å². The first-order valence-electron chi connectivity index (χ1n) is 6.03. The van der Waals surface area contributed by atoms with Gasteiger partial charge in [0, 0.05) is 6.54 Å². The fourth-order valence-corrected chi connectivity index (χ4v) is 1.61. The molecule has 1 N–H and O–H groups in total. The minimum atomic E-state index is 0.442. The maximum atomic E-state index is 5.58. The number of rotatable bonds is 6. The van der Waals surface area contributed by atoms with Gasteiger partial charge in [-0.25, -0.2) is 4.98 Å². The first kappa shape index (κ1) is 13.3. The first-order valence-corrected chi connectivity index (χ1v) is 6.03. The molecule has 0 saturated carbocycles. The van der Waals surface area contributed by atoms with Gasteiger partial charge in [0.05, 0.1) is 25.2 Å². The van der Waals surface area contributed by atoms with Crippen molar-refractivity contribution in [1.82, 2.24) is 15.3 Å². The molecule has 0 aliphatic rings. The molecule has 5 heteroatoms. The fourth-order valence-electron chi connectivity index (χ4n) is 1.61. The summed E-state index contributed by atoms with van der Waals surface area (Å²) in [5, 5.41) is 3.02. The van der Waals surface area contributed by atoms with E-state index in [1.54, 1.807) is 19.5 Å². The van der Waals surface area contributed by atoms with Crippen LogP contribution in [0.25, 0.3) is 0 Å². The van der Waals surface area contributed by atoms with Crippen molar-refractivity contribution in [2.24, 2.45) is 0 Å². The molecule has 0 aliphatic carbocycles. The second-order valence-electron chi connectivity index (χ2n) is 4.02. The van der Waals surface area contributed by atoms with E-state index in [0.29, 0.717) is 19.0 Å². The lowest BCUT2D eigenvalue weighted by Gasteiger charge is -2.07. The number of benzene rings is 1. The normalized spacial score (nSPS) is 10.2. The van der Waals surface area contributed by atoms with Crippen LogP contribution >= 0.6 is 0 Å². The summed E-state index contributed by atoms with van der Waals surface area (Å²) in [7, 11) is 3.51. The molecule has 1 aromatic heterocycles. The van der Waals surface area contributed by atoms with Crippen molar-refractivity contribution in [1.29, 1.82) is 0 Å². The van der Waals surface area contributed by atoms with Gasteiger partial charge in [0.2, 0.25) is 5.88 Å². The summed E-state index contributed by atoms with van der Waals surface area (Å²) in [6, 6.07) is 7.74. The van der Waals surface area contributed by atoms with Crippen LogP contribution in [0.2, 0.25) is 0 Å². The Bertz CT molecular complexity index is 514. The van der Waals surface area contributed by atoms with Crippen LogP contribution in [-0.2, 0) is 13.2 Å². The molecule has 0 amide bonds. The zero-order chi connectivity index (χ0) is 13.5. The Morgan fingerprint density at radius 1 is 1.21 bits per heavy atom. The lowest BCUT2D eigenvalue weighted by Crippen LogP contribution is -2.07. The highest BCUT2D eigenvalue weighted by atomic mass is 16.5. The molecule has 0 atom stereocenters. The molecule has 0 aliphatic heterocycles. The SMILES string of the molecule is CNCc1cnc(OCc2cccc(OC)c2)cn1. The average Bonchev–Trinajstić information content (AvgIpc) is 2.47. The van der Waals surface area contributed by atoms with E-state index in [0.717, 1.165) is 17.0 Å². The van der Waals surface area contributed by atoms with Crippen LogP contribution in [-0.4, -0.2) is 24.1 Å². The van der Waals surface area contributed by atoms with Gasteiger partial charge in [-0.3, -0.25) is 4.98 Å². The zero-order valence-electron chi connectivity index (χ0n) is 11.1. The van der Waals surface area contributed by atoms with Gasteiger partial charge in [-0.15, -0.1) is 0 Å². The van der Waals surface area contributed by atoms with Crippen LogP contribution < -0.4 is 14.8 Å². The summed E-state index contributed by atoms with van der Waals surface area (Å²) in [4.78, 5) is 8.44. The molecular weight excluding hydrogens is 242 g/mol. The van der Waals surface area contributed by atoms with Crippen LogP contribution in [0.4, 0.5) is 0 Å². The van der Waals surface area contributed by atoms with E-state index < -0.39 is 0 Å². The van der Waals surface area contributed by atoms with Crippen LogP contribution in [0.15, 0.2) is 36.7 Å². The summed E-state index contributed by atoms with van der Waals surface area (Å²) in [5.74, 6) is 1.33. The second-order valence-corrected chi connectivity index (χ2v) is 4.02. The first-order chi connectivity index (χ1) is 9.31. The zero-order valence-corrected chi connectivity index (χ0v) is 11.1. The summed E-state index contributed by atoms with van der Waals surface area (Å²) < 4.78 is 10.7. The Labute approximate surface area is 112 Å². The molecule has 5 nitrogen and oxygen atoms in total. The van der Waals surface area contributed by atoms with E-state index in [1.165, 1.54) is 0 Å². The number of aromatic nitrogens is 2. The summed E-state index contributed by atoms with van der Waals surface area (Å²) in [5.41, 5.74) is 1.91. The van der Waals surface area contributed by atoms with Crippen molar-refractivity contribution in [2.45, 2.75) is 13.2 Å². The highest BCUT2D eigenvalue weighted by molar-refractivity contribution is 5.28. The maximum Gasteiger partial charge on any atom is 0.232 e. The van der Waals surface area contributed by atoms with Crippen LogP contribution in [0.3, 0.4) is 0 Å². The molecule has 19 heavy (non-hydrogen) atoms. The van der Waals surface area contributed by atoms with Crippen molar-refractivity contribution in [3.05, 3.63) is 47.9 Å². The Morgan fingerprint density at radius 3 is 2.79 bits per heavy atom. The van der Waals surface area contributed by atoms with Gasteiger partial charge < -0.3 is 14.8 Å². The average molecular weight is 259 g/mol. The van der Waals surface area contributed by atoms with Crippen LogP contribution in [0.5, 0.6) is 11.6 Å². The van der Waals surface area contributed by atoms with Crippen molar-refractivity contribution in [2.75, 3.05) is 14.2 Å². The molecule has 1 aromatic carbocycles. The third-order valence-corrected chi connectivity index (χ3v) is 2.56. The third kappa shape index (κ3) is 3.93. The molecule has 100 valence electrons. The number of methoxy groups -OCH3 is 1. The highest BCUT2D eigenvalue weighted by Gasteiger charge is 2.00. The summed E-state index contributed by atoms with van der Waals surface area (Å²) >= 11 is 0. The predicted octanol–water partition coefficient (Wildman–Crippen LogP) is 1.78. The van der Waals surface area contributed by atoms with Crippen molar-refractivity contribution in [3.8, 4) is 11.6 Å². The highest BCUT2D eigenvalue weighted by Crippen LogP contribution is 2.14. The standard InChI is InChI=1S/C14H17N3O2/c1-15-7-12-8-17-14(9-16-12)19-10-11-4-3-5-13(6-11)18-2/h3-6,8-9,15H,7,10H2,1-2H3. The molecule has 2 aromatic rings.